The van der Waals surface area contributed by atoms with Gasteiger partial charge in [-0.15, -0.1) is 0 Å². The number of anilines is 1. The molecular formula is C24H26N2O3S. The third-order valence-corrected chi connectivity index (χ3v) is 6.17. The third kappa shape index (κ3) is 5.07. The monoisotopic (exact) mass is 422 g/mol. The zero-order chi connectivity index (χ0) is 21.7. The third-order valence-electron chi connectivity index (χ3n) is 4.93. The quantitative estimate of drug-likeness (QED) is 0.625. The molecule has 1 N–H and O–H groups in total. The second kappa shape index (κ2) is 9.13. The Morgan fingerprint density at radius 3 is 1.87 bits per heavy atom. The van der Waals surface area contributed by atoms with Gasteiger partial charge in [-0.25, -0.2) is 8.42 Å². The molecular weight excluding hydrogens is 396 g/mol. The molecule has 0 fully saturated rings. The van der Waals surface area contributed by atoms with E-state index in [9.17, 15) is 13.2 Å². The van der Waals surface area contributed by atoms with Crippen molar-refractivity contribution < 1.29 is 13.2 Å². The standard InChI is InChI=1S/C24H26N2O3S/c1-18-14-16-21(17-15-18)23(20-10-6-4-7-11-20)25-24(27)19(2)26(30(3,28)29)22-12-8-5-9-13-22/h4-17,19,23H,1-3H3,(H,25,27). The largest absolute Gasteiger partial charge is 0.343 e. The average Bonchev–Trinajstić information content (AvgIpc) is 2.73. The number of para-hydroxylation sites is 1. The Bertz CT molecular complexity index is 1080. The molecule has 0 aliphatic heterocycles. The maximum atomic E-state index is 13.2. The Labute approximate surface area is 178 Å². The van der Waals surface area contributed by atoms with Crippen LogP contribution in [0.1, 0.15) is 29.7 Å². The number of hydrogen-bond donors (Lipinski definition) is 1. The van der Waals surface area contributed by atoms with Crippen LogP contribution in [0.4, 0.5) is 5.69 Å². The number of rotatable bonds is 7. The first-order valence-electron chi connectivity index (χ1n) is 9.73. The molecule has 156 valence electrons. The van der Waals surface area contributed by atoms with Crippen LogP contribution in [0.25, 0.3) is 0 Å². The fraction of sp³-hybridized carbons (Fsp3) is 0.208. The molecule has 3 aromatic rings. The second-order valence-corrected chi connectivity index (χ2v) is 9.19. The lowest BCUT2D eigenvalue weighted by atomic mass is 9.97. The Hall–Kier alpha value is -3.12. The van der Waals surface area contributed by atoms with E-state index in [0.717, 1.165) is 27.3 Å². The minimum absolute atomic E-state index is 0.376. The summed E-state index contributed by atoms with van der Waals surface area (Å²) in [6.07, 6.45) is 1.11. The SMILES string of the molecule is Cc1ccc(C(NC(=O)C(C)N(c2ccccc2)S(C)(=O)=O)c2ccccc2)cc1. The van der Waals surface area contributed by atoms with Crippen LogP contribution < -0.4 is 9.62 Å². The summed E-state index contributed by atoms with van der Waals surface area (Å²) in [6.45, 7) is 3.60. The molecule has 0 radical (unpaired) electrons. The molecule has 0 saturated carbocycles. The fourth-order valence-corrected chi connectivity index (χ4v) is 4.58. The van der Waals surface area contributed by atoms with Gasteiger partial charge in [-0.1, -0.05) is 78.4 Å². The zero-order valence-corrected chi connectivity index (χ0v) is 18.1. The van der Waals surface area contributed by atoms with E-state index in [1.807, 2.05) is 61.5 Å². The molecule has 2 unspecified atom stereocenters. The highest BCUT2D eigenvalue weighted by atomic mass is 32.2. The number of nitrogens with zero attached hydrogens (tertiary/aromatic N) is 1. The van der Waals surface area contributed by atoms with Crippen LogP contribution in [-0.4, -0.2) is 26.6 Å². The van der Waals surface area contributed by atoms with Gasteiger partial charge in [0, 0.05) is 0 Å². The Balaban J connectivity index is 1.93. The number of hydrogen-bond acceptors (Lipinski definition) is 3. The van der Waals surface area contributed by atoms with Crippen molar-refractivity contribution in [2.45, 2.75) is 25.9 Å². The van der Waals surface area contributed by atoms with E-state index >= 15 is 0 Å². The van der Waals surface area contributed by atoms with Crippen LogP contribution in [-0.2, 0) is 14.8 Å². The van der Waals surface area contributed by atoms with E-state index in [2.05, 4.69) is 5.32 Å². The van der Waals surface area contributed by atoms with Crippen molar-refractivity contribution in [1.82, 2.24) is 5.32 Å². The van der Waals surface area contributed by atoms with Gasteiger partial charge < -0.3 is 5.32 Å². The number of nitrogens with one attached hydrogen (secondary N) is 1. The Morgan fingerprint density at radius 1 is 0.833 bits per heavy atom. The maximum Gasteiger partial charge on any atom is 0.244 e. The van der Waals surface area contributed by atoms with Crippen molar-refractivity contribution in [2.75, 3.05) is 10.6 Å². The summed E-state index contributed by atoms with van der Waals surface area (Å²) in [5, 5.41) is 3.05. The lowest BCUT2D eigenvalue weighted by molar-refractivity contribution is -0.122. The number of amides is 1. The summed E-state index contributed by atoms with van der Waals surface area (Å²) in [5.74, 6) is -0.376. The van der Waals surface area contributed by atoms with Gasteiger partial charge in [0.1, 0.15) is 6.04 Å². The van der Waals surface area contributed by atoms with Crippen LogP contribution >= 0.6 is 0 Å². The lowest BCUT2D eigenvalue weighted by Crippen LogP contribution is -2.48. The molecule has 5 nitrogen and oxygen atoms in total. The van der Waals surface area contributed by atoms with E-state index in [4.69, 9.17) is 0 Å². The summed E-state index contributed by atoms with van der Waals surface area (Å²) in [5.41, 5.74) is 3.43. The maximum absolute atomic E-state index is 13.2. The fourth-order valence-electron chi connectivity index (χ4n) is 3.41. The normalized spacial score (nSPS) is 13.3. The predicted octanol–water partition coefficient (Wildman–Crippen LogP) is 4.06. The molecule has 1 amide bonds. The number of sulfonamides is 1. The molecule has 6 heteroatoms. The van der Waals surface area contributed by atoms with E-state index in [1.54, 1.807) is 37.3 Å². The molecule has 2 atom stereocenters. The van der Waals surface area contributed by atoms with Gasteiger partial charge in [0.05, 0.1) is 18.0 Å². The average molecular weight is 423 g/mol. The molecule has 0 spiro atoms. The predicted molar refractivity (Wildman–Crippen MR) is 121 cm³/mol. The van der Waals surface area contributed by atoms with Gasteiger partial charge in [0.2, 0.25) is 15.9 Å². The number of aryl methyl sites for hydroxylation is 1. The smallest absolute Gasteiger partial charge is 0.244 e. The number of benzene rings is 3. The Morgan fingerprint density at radius 2 is 1.33 bits per heavy atom. The molecule has 0 bridgehead atoms. The molecule has 0 aliphatic carbocycles. The van der Waals surface area contributed by atoms with Crippen molar-refractivity contribution in [3.8, 4) is 0 Å². The highest BCUT2D eigenvalue weighted by molar-refractivity contribution is 7.92. The lowest BCUT2D eigenvalue weighted by Gasteiger charge is -2.30. The van der Waals surface area contributed by atoms with Gasteiger partial charge in [-0.2, -0.15) is 0 Å². The van der Waals surface area contributed by atoms with Gasteiger partial charge in [-0.05, 0) is 37.1 Å². The van der Waals surface area contributed by atoms with Crippen molar-refractivity contribution in [3.05, 3.63) is 102 Å². The minimum Gasteiger partial charge on any atom is -0.343 e. The second-order valence-electron chi connectivity index (χ2n) is 7.33. The number of carbonyl (C=O) groups is 1. The first kappa shape index (κ1) is 21.6. The molecule has 0 saturated heterocycles. The zero-order valence-electron chi connectivity index (χ0n) is 17.3. The van der Waals surface area contributed by atoms with Crippen LogP contribution in [0.3, 0.4) is 0 Å². The molecule has 0 aromatic heterocycles. The summed E-state index contributed by atoms with van der Waals surface area (Å²) in [7, 11) is -3.66. The highest BCUT2D eigenvalue weighted by Crippen LogP contribution is 2.25. The van der Waals surface area contributed by atoms with Crippen LogP contribution in [0.15, 0.2) is 84.9 Å². The molecule has 3 aromatic carbocycles. The molecule has 0 aliphatic rings. The van der Waals surface area contributed by atoms with Crippen molar-refractivity contribution in [3.63, 3.8) is 0 Å². The van der Waals surface area contributed by atoms with Crippen molar-refractivity contribution >= 4 is 21.6 Å². The van der Waals surface area contributed by atoms with E-state index in [1.165, 1.54) is 0 Å². The summed E-state index contributed by atoms with van der Waals surface area (Å²) in [6, 6.07) is 24.9. The van der Waals surface area contributed by atoms with E-state index in [-0.39, 0.29) is 11.9 Å². The molecule has 3 rings (SSSR count). The van der Waals surface area contributed by atoms with Gasteiger partial charge in [-0.3, -0.25) is 9.10 Å². The molecule has 0 heterocycles. The van der Waals surface area contributed by atoms with E-state index < -0.39 is 16.1 Å². The first-order valence-corrected chi connectivity index (χ1v) is 11.6. The van der Waals surface area contributed by atoms with Gasteiger partial charge in [0.15, 0.2) is 0 Å². The minimum atomic E-state index is -3.66. The number of carbonyl (C=O) groups excluding carboxylic acids is 1. The first-order chi connectivity index (χ1) is 14.3. The highest BCUT2D eigenvalue weighted by Gasteiger charge is 2.30. The van der Waals surface area contributed by atoms with Gasteiger partial charge >= 0.3 is 0 Å². The van der Waals surface area contributed by atoms with Crippen LogP contribution in [0.2, 0.25) is 0 Å². The van der Waals surface area contributed by atoms with Gasteiger partial charge in [0.25, 0.3) is 0 Å². The summed E-state index contributed by atoms with van der Waals surface area (Å²) < 4.78 is 26.1. The van der Waals surface area contributed by atoms with E-state index in [0.29, 0.717) is 5.69 Å². The van der Waals surface area contributed by atoms with Crippen LogP contribution in [0.5, 0.6) is 0 Å². The van der Waals surface area contributed by atoms with Crippen molar-refractivity contribution in [1.29, 1.82) is 0 Å². The van der Waals surface area contributed by atoms with Crippen LogP contribution in [0, 0.1) is 6.92 Å². The topological polar surface area (TPSA) is 66.5 Å². The van der Waals surface area contributed by atoms with Crippen molar-refractivity contribution in [2.24, 2.45) is 0 Å². The Kier molecular flexibility index (Phi) is 6.57. The summed E-state index contributed by atoms with van der Waals surface area (Å²) in [4.78, 5) is 13.2. The molecule has 30 heavy (non-hydrogen) atoms. The summed E-state index contributed by atoms with van der Waals surface area (Å²) >= 11 is 0.